The van der Waals surface area contributed by atoms with Crippen LogP contribution in [0.1, 0.15) is 35.3 Å². The van der Waals surface area contributed by atoms with E-state index in [9.17, 15) is 14.7 Å². The molecule has 5 heteroatoms. The number of ether oxygens (including phenoxy) is 1. The molecule has 0 bridgehead atoms. The van der Waals surface area contributed by atoms with Gasteiger partial charge in [-0.3, -0.25) is 4.79 Å². The lowest BCUT2D eigenvalue weighted by atomic mass is 9.94. The summed E-state index contributed by atoms with van der Waals surface area (Å²) in [5.41, 5.74) is 2.09. The zero-order valence-electron chi connectivity index (χ0n) is 11.8. The fraction of sp³-hybridized carbons (Fsp3) is 0.467. The number of carbonyl (C=O) groups is 2. The first kappa shape index (κ1) is 14.5. The van der Waals surface area contributed by atoms with Gasteiger partial charge in [0.25, 0.3) is 5.91 Å². The molecule has 1 aliphatic rings. The van der Waals surface area contributed by atoms with Crippen LogP contribution >= 0.6 is 0 Å². The van der Waals surface area contributed by atoms with E-state index in [0.29, 0.717) is 31.7 Å². The molecule has 0 fully saturated rings. The molecule has 1 amide bonds. The quantitative estimate of drug-likeness (QED) is 0.909. The Morgan fingerprint density at radius 3 is 2.85 bits per heavy atom. The third-order valence-electron chi connectivity index (χ3n) is 3.57. The summed E-state index contributed by atoms with van der Waals surface area (Å²) < 4.78 is 5.32. The molecule has 0 saturated heterocycles. The second-order valence-corrected chi connectivity index (χ2v) is 4.86. The van der Waals surface area contributed by atoms with Crippen molar-refractivity contribution in [1.29, 1.82) is 0 Å². The topological polar surface area (TPSA) is 66.8 Å². The summed E-state index contributed by atoms with van der Waals surface area (Å²) in [6, 6.07) is 5.22. The Morgan fingerprint density at radius 1 is 1.45 bits per heavy atom. The Morgan fingerprint density at radius 2 is 2.20 bits per heavy atom. The molecule has 1 aromatic rings. The first-order chi connectivity index (χ1) is 9.54. The fourth-order valence-electron chi connectivity index (χ4n) is 2.58. The molecule has 1 aromatic carbocycles. The van der Waals surface area contributed by atoms with Gasteiger partial charge in [-0.15, -0.1) is 0 Å². The van der Waals surface area contributed by atoms with Crippen LogP contribution in [0, 0.1) is 0 Å². The molecule has 1 heterocycles. The van der Waals surface area contributed by atoms with Gasteiger partial charge in [0.1, 0.15) is 6.10 Å². The maximum Gasteiger partial charge on any atom is 0.335 e. The zero-order valence-corrected chi connectivity index (χ0v) is 11.8. The van der Waals surface area contributed by atoms with E-state index in [2.05, 4.69) is 0 Å². The van der Waals surface area contributed by atoms with Crippen LogP contribution in [0.4, 0.5) is 0 Å². The van der Waals surface area contributed by atoms with Crippen molar-refractivity contribution >= 4 is 11.9 Å². The molecule has 20 heavy (non-hydrogen) atoms. The molecule has 1 unspecified atom stereocenters. The Kier molecular flexibility index (Phi) is 4.39. The van der Waals surface area contributed by atoms with Crippen molar-refractivity contribution in [2.24, 2.45) is 0 Å². The predicted molar refractivity (Wildman–Crippen MR) is 73.6 cm³/mol. The van der Waals surface area contributed by atoms with Gasteiger partial charge >= 0.3 is 5.97 Å². The van der Waals surface area contributed by atoms with Crippen LogP contribution in [0.2, 0.25) is 0 Å². The highest BCUT2D eigenvalue weighted by molar-refractivity contribution is 5.90. The number of nitrogens with zero attached hydrogens (tertiary/aromatic N) is 1. The third-order valence-corrected chi connectivity index (χ3v) is 3.57. The number of fused-ring (bicyclic) bond motifs is 1. The van der Waals surface area contributed by atoms with Crippen molar-refractivity contribution in [3.05, 3.63) is 34.9 Å². The number of aromatic carboxylic acids is 1. The van der Waals surface area contributed by atoms with E-state index >= 15 is 0 Å². The van der Waals surface area contributed by atoms with E-state index in [4.69, 9.17) is 4.74 Å². The standard InChI is InChI=1S/C15H19NO4/c1-3-20-10(2)14(17)16-8-7-12-11(9-16)5-4-6-13(12)15(18)19/h4-6,10H,3,7-9H2,1-2H3,(H,18,19). The minimum absolute atomic E-state index is 0.0433. The first-order valence-electron chi connectivity index (χ1n) is 6.79. The Bertz CT molecular complexity index is 527. The molecule has 5 nitrogen and oxygen atoms in total. The largest absolute Gasteiger partial charge is 0.478 e. The summed E-state index contributed by atoms with van der Waals surface area (Å²) in [7, 11) is 0. The number of amides is 1. The summed E-state index contributed by atoms with van der Waals surface area (Å²) in [5.74, 6) is -0.956. The number of benzene rings is 1. The molecular formula is C15H19NO4. The average Bonchev–Trinajstić information content (AvgIpc) is 2.45. The van der Waals surface area contributed by atoms with E-state index in [1.165, 1.54) is 0 Å². The van der Waals surface area contributed by atoms with E-state index in [-0.39, 0.29) is 5.91 Å². The highest BCUT2D eigenvalue weighted by atomic mass is 16.5. The molecule has 0 aromatic heterocycles. The minimum Gasteiger partial charge on any atom is -0.478 e. The van der Waals surface area contributed by atoms with Crippen LogP contribution in [0.5, 0.6) is 0 Å². The average molecular weight is 277 g/mol. The Balaban J connectivity index is 2.18. The number of hydrogen-bond donors (Lipinski definition) is 1. The second kappa shape index (κ2) is 6.05. The van der Waals surface area contributed by atoms with Gasteiger partial charge in [0, 0.05) is 19.7 Å². The molecule has 0 radical (unpaired) electrons. The third kappa shape index (κ3) is 2.82. The van der Waals surface area contributed by atoms with Crippen LogP contribution in [0.15, 0.2) is 18.2 Å². The van der Waals surface area contributed by atoms with Gasteiger partial charge in [0.2, 0.25) is 0 Å². The highest BCUT2D eigenvalue weighted by Crippen LogP contribution is 2.23. The monoisotopic (exact) mass is 277 g/mol. The molecule has 0 aliphatic carbocycles. The lowest BCUT2D eigenvalue weighted by Gasteiger charge is -2.31. The van der Waals surface area contributed by atoms with Crippen LogP contribution in [0.3, 0.4) is 0 Å². The van der Waals surface area contributed by atoms with Crippen molar-refractivity contribution in [3.8, 4) is 0 Å². The Hall–Kier alpha value is -1.88. The van der Waals surface area contributed by atoms with Crippen molar-refractivity contribution in [2.45, 2.75) is 32.9 Å². The zero-order chi connectivity index (χ0) is 14.7. The molecule has 1 atom stereocenters. The van der Waals surface area contributed by atoms with Gasteiger partial charge < -0.3 is 14.7 Å². The molecular weight excluding hydrogens is 258 g/mol. The van der Waals surface area contributed by atoms with Gasteiger partial charge in [0.05, 0.1) is 5.56 Å². The van der Waals surface area contributed by atoms with Gasteiger partial charge in [-0.2, -0.15) is 0 Å². The molecule has 108 valence electrons. The number of carbonyl (C=O) groups excluding carboxylic acids is 1. The van der Waals surface area contributed by atoms with Gasteiger partial charge in [-0.1, -0.05) is 12.1 Å². The van der Waals surface area contributed by atoms with Crippen LogP contribution in [0.25, 0.3) is 0 Å². The van der Waals surface area contributed by atoms with Crippen LogP contribution in [-0.4, -0.2) is 41.1 Å². The second-order valence-electron chi connectivity index (χ2n) is 4.86. The van der Waals surface area contributed by atoms with Crippen LogP contribution < -0.4 is 0 Å². The van der Waals surface area contributed by atoms with Gasteiger partial charge in [0.15, 0.2) is 0 Å². The van der Waals surface area contributed by atoms with Gasteiger partial charge in [-0.25, -0.2) is 4.79 Å². The first-order valence-corrected chi connectivity index (χ1v) is 6.79. The summed E-state index contributed by atoms with van der Waals surface area (Å²) in [6.45, 7) is 5.09. The number of carboxylic acid groups (broad SMARTS) is 1. The number of carboxylic acids is 1. The van der Waals surface area contributed by atoms with Crippen LogP contribution in [-0.2, 0) is 22.5 Å². The van der Waals surface area contributed by atoms with Crippen molar-refractivity contribution in [1.82, 2.24) is 4.90 Å². The summed E-state index contributed by atoms with van der Waals surface area (Å²) in [6.07, 6.45) is 0.117. The SMILES string of the molecule is CCOC(C)C(=O)N1CCc2c(cccc2C(=O)O)C1. The molecule has 1 N–H and O–H groups in total. The normalized spacial score (nSPS) is 15.6. The summed E-state index contributed by atoms with van der Waals surface area (Å²) in [5, 5.41) is 9.17. The smallest absolute Gasteiger partial charge is 0.335 e. The molecule has 1 aliphatic heterocycles. The fourth-order valence-corrected chi connectivity index (χ4v) is 2.58. The summed E-state index contributed by atoms with van der Waals surface area (Å²) >= 11 is 0. The van der Waals surface area contributed by atoms with Crippen molar-refractivity contribution < 1.29 is 19.4 Å². The highest BCUT2D eigenvalue weighted by Gasteiger charge is 2.26. The molecule has 2 rings (SSSR count). The minimum atomic E-state index is -0.913. The lowest BCUT2D eigenvalue weighted by Crippen LogP contribution is -2.42. The van der Waals surface area contributed by atoms with E-state index in [1.54, 1.807) is 24.0 Å². The summed E-state index contributed by atoms with van der Waals surface area (Å²) in [4.78, 5) is 25.1. The van der Waals surface area contributed by atoms with E-state index in [0.717, 1.165) is 11.1 Å². The van der Waals surface area contributed by atoms with Crippen molar-refractivity contribution in [2.75, 3.05) is 13.2 Å². The molecule has 0 spiro atoms. The number of hydrogen-bond acceptors (Lipinski definition) is 3. The van der Waals surface area contributed by atoms with Crippen molar-refractivity contribution in [3.63, 3.8) is 0 Å². The molecule has 0 saturated carbocycles. The predicted octanol–water partition coefficient (Wildman–Crippen LogP) is 1.69. The van der Waals surface area contributed by atoms with E-state index in [1.807, 2.05) is 13.0 Å². The lowest BCUT2D eigenvalue weighted by molar-refractivity contribution is -0.143. The Labute approximate surface area is 118 Å². The van der Waals surface area contributed by atoms with Gasteiger partial charge in [-0.05, 0) is 37.5 Å². The maximum absolute atomic E-state index is 12.2. The van der Waals surface area contributed by atoms with E-state index < -0.39 is 12.1 Å². The maximum atomic E-state index is 12.2. The number of rotatable bonds is 4.